The van der Waals surface area contributed by atoms with E-state index in [9.17, 15) is 0 Å². The molecular formula is C18H28N2O2. The van der Waals surface area contributed by atoms with Crippen LogP contribution < -0.4 is 14.8 Å². The van der Waals surface area contributed by atoms with E-state index in [0.29, 0.717) is 12.0 Å². The lowest BCUT2D eigenvalue weighted by Crippen LogP contribution is -2.45. The molecule has 1 fully saturated rings. The van der Waals surface area contributed by atoms with Crippen LogP contribution in [0.15, 0.2) is 24.3 Å². The highest BCUT2D eigenvalue weighted by atomic mass is 16.6. The molecule has 0 saturated carbocycles. The molecule has 3 rings (SSSR count). The van der Waals surface area contributed by atoms with Gasteiger partial charge in [0.2, 0.25) is 0 Å². The second-order valence-corrected chi connectivity index (χ2v) is 6.97. The van der Waals surface area contributed by atoms with Crippen molar-refractivity contribution in [2.75, 3.05) is 39.3 Å². The molecule has 0 spiro atoms. The first-order valence-corrected chi connectivity index (χ1v) is 8.50. The van der Waals surface area contributed by atoms with Crippen molar-refractivity contribution >= 4 is 0 Å². The van der Waals surface area contributed by atoms with E-state index < -0.39 is 0 Å². The first-order valence-electron chi connectivity index (χ1n) is 8.50. The number of nitrogens with one attached hydrogen (secondary N) is 1. The van der Waals surface area contributed by atoms with Crippen LogP contribution in [-0.4, -0.2) is 50.3 Å². The molecule has 22 heavy (non-hydrogen) atoms. The van der Waals surface area contributed by atoms with Crippen molar-refractivity contribution in [3.63, 3.8) is 0 Å². The van der Waals surface area contributed by atoms with Crippen LogP contribution in [-0.2, 0) is 0 Å². The molecule has 0 amide bonds. The first-order chi connectivity index (χ1) is 10.7. The molecule has 2 aliphatic heterocycles. The third kappa shape index (κ3) is 3.73. The molecule has 0 aliphatic carbocycles. The quantitative estimate of drug-likeness (QED) is 0.876. The SMILES string of the molecule is CCCN(CC1COc2ccccc2O1)CC1(C)CCNC1. The molecule has 1 aromatic rings. The number of ether oxygens (including phenoxy) is 2. The standard InChI is InChI=1S/C18H28N2O2/c1-3-10-20(14-18(2)8-9-19-13-18)11-15-12-21-16-6-4-5-7-17(16)22-15/h4-7,15,19H,3,8-14H2,1-2H3. The summed E-state index contributed by atoms with van der Waals surface area (Å²) < 4.78 is 12.0. The van der Waals surface area contributed by atoms with Gasteiger partial charge in [0, 0.05) is 19.6 Å². The second kappa shape index (κ2) is 6.88. The van der Waals surface area contributed by atoms with Gasteiger partial charge in [0.15, 0.2) is 11.5 Å². The van der Waals surface area contributed by atoms with Gasteiger partial charge >= 0.3 is 0 Å². The van der Waals surface area contributed by atoms with Crippen molar-refractivity contribution in [1.82, 2.24) is 10.2 Å². The van der Waals surface area contributed by atoms with Gasteiger partial charge in [-0.1, -0.05) is 26.0 Å². The average molecular weight is 304 g/mol. The highest BCUT2D eigenvalue weighted by molar-refractivity contribution is 5.40. The molecular weight excluding hydrogens is 276 g/mol. The minimum atomic E-state index is 0.124. The molecule has 0 radical (unpaired) electrons. The van der Waals surface area contributed by atoms with Crippen molar-refractivity contribution < 1.29 is 9.47 Å². The number of rotatable bonds is 6. The predicted molar refractivity (Wildman–Crippen MR) is 88.7 cm³/mol. The van der Waals surface area contributed by atoms with Crippen LogP contribution >= 0.6 is 0 Å². The zero-order valence-electron chi connectivity index (χ0n) is 13.8. The fraction of sp³-hybridized carbons (Fsp3) is 0.667. The first kappa shape index (κ1) is 15.6. The minimum Gasteiger partial charge on any atom is -0.486 e. The van der Waals surface area contributed by atoms with Gasteiger partial charge in [-0.15, -0.1) is 0 Å². The summed E-state index contributed by atoms with van der Waals surface area (Å²) in [6.07, 6.45) is 2.56. The van der Waals surface area contributed by atoms with Crippen molar-refractivity contribution in [3.05, 3.63) is 24.3 Å². The highest BCUT2D eigenvalue weighted by Crippen LogP contribution is 2.31. The van der Waals surface area contributed by atoms with E-state index in [2.05, 4.69) is 24.1 Å². The molecule has 4 heteroatoms. The van der Waals surface area contributed by atoms with Crippen LogP contribution in [0.2, 0.25) is 0 Å². The average Bonchev–Trinajstić information content (AvgIpc) is 2.94. The monoisotopic (exact) mass is 304 g/mol. The lowest BCUT2D eigenvalue weighted by atomic mass is 9.89. The maximum absolute atomic E-state index is 6.12. The summed E-state index contributed by atoms with van der Waals surface area (Å²) in [6.45, 7) is 10.8. The normalized spacial score (nSPS) is 27.3. The molecule has 0 aromatic heterocycles. The number of benzene rings is 1. The maximum Gasteiger partial charge on any atom is 0.161 e. The fourth-order valence-electron chi connectivity index (χ4n) is 3.54. The number of fused-ring (bicyclic) bond motifs is 1. The van der Waals surface area contributed by atoms with Gasteiger partial charge in [0.1, 0.15) is 12.7 Å². The number of hydrogen-bond acceptors (Lipinski definition) is 4. The van der Waals surface area contributed by atoms with Crippen LogP contribution in [0.4, 0.5) is 0 Å². The Morgan fingerprint density at radius 1 is 1.32 bits per heavy atom. The van der Waals surface area contributed by atoms with Crippen LogP contribution in [0, 0.1) is 5.41 Å². The topological polar surface area (TPSA) is 33.7 Å². The Hall–Kier alpha value is -1.26. The van der Waals surface area contributed by atoms with Crippen LogP contribution in [0.25, 0.3) is 0 Å². The van der Waals surface area contributed by atoms with Gasteiger partial charge in [0.25, 0.3) is 0 Å². The van der Waals surface area contributed by atoms with Crippen molar-refractivity contribution in [2.45, 2.75) is 32.8 Å². The van der Waals surface area contributed by atoms with Gasteiger partial charge in [0.05, 0.1) is 0 Å². The highest BCUT2D eigenvalue weighted by Gasteiger charge is 2.32. The van der Waals surface area contributed by atoms with E-state index in [1.165, 1.54) is 12.8 Å². The summed E-state index contributed by atoms with van der Waals surface area (Å²) in [6, 6.07) is 7.95. The molecule has 1 N–H and O–H groups in total. The number of hydrogen-bond donors (Lipinski definition) is 1. The zero-order valence-corrected chi connectivity index (χ0v) is 13.8. The van der Waals surface area contributed by atoms with Gasteiger partial charge < -0.3 is 14.8 Å². The van der Waals surface area contributed by atoms with Crippen LogP contribution in [0.3, 0.4) is 0 Å². The van der Waals surface area contributed by atoms with Gasteiger partial charge in [-0.3, -0.25) is 4.90 Å². The molecule has 1 aromatic carbocycles. The molecule has 1 saturated heterocycles. The second-order valence-electron chi connectivity index (χ2n) is 6.97. The van der Waals surface area contributed by atoms with E-state index in [0.717, 1.165) is 44.2 Å². The van der Waals surface area contributed by atoms with Crippen LogP contribution in [0.1, 0.15) is 26.7 Å². The smallest absolute Gasteiger partial charge is 0.161 e. The minimum absolute atomic E-state index is 0.124. The van der Waals surface area contributed by atoms with E-state index in [1.807, 2.05) is 24.3 Å². The van der Waals surface area contributed by atoms with Gasteiger partial charge in [-0.05, 0) is 43.5 Å². The summed E-state index contributed by atoms with van der Waals surface area (Å²) in [7, 11) is 0. The summed E-state index contributed by atoms with van der Waals surface area (Å²) in [5.41, 5.74) is 0.391. The lowest BCUT2D eigenvalue weighted by Gasteiger charge is -2.35. The van der Waals surface area contributed by atoms with Crippen LogP contribution in [0.5, 0.6) is 11.5 Å². The third-order valence-corrected chi connectivity index (χ3v) is 4.63. The third-order valence-electron chi connectivity index (χ3n) is 4.63. The molecule has 2 heterocycles. The van der Waals surface area contributed by atoms with E-state index >= 15 is 0 Å². The largest absolute Gasteiger partial charge is 0.486 e. The number of para-hydroxylation sites is 2. The molecule has 0 bridgehead atoms. The summed E-state index contributed by atoms with van der Waals surface area (Å²) in [5, 5.41) is 3.49. The number of nitrogens with zero attached hydrogens (tertiary/aromatic N) is 1. The lowest BCUT2D eigenvalue weighted by molar-refractivity contribution is 0.0472. The Bertz CT molecular complexity index is 486. The Morgan fingerprint density at radius 2 is 2.14 bits per heavy atom. The van der Waals surface area contributed by atoms with Crippen molar-refractivity contribution in [3.8, 4) is 11.5 Å². The van der Waals surface area contributed by atoms with E-state index in [-0.39, 0.29) is 6.10 Å². The Labute approximate surface area is 133 Å². The summed E-state index contributed by atoms with van der Waals surface area (Å²) >= 11 is 0. The fourth-order valence-corrected chi connectivity index (χ4v) is 3.54. The van der Waals surface area contributed by atoms with Crippen molar-refractivity contribution in [1.29, 1.82) is 0 Å². The summed E-state index contributed by atoms with van der Waals surface area (Å²) in [5.74, 6) is 1.75. The Morgan fingerprint density at radius 3 is 2.86 bits per heavy atom. The van der Waals surface area contributed by atoms with Crippen molar-refractivity contribution in [2.24, 2.45) is 5.41 Å². The molecule has 4 nitrogen and oxygen atoms in total. The molecule has 2 atom stereocenters. The van der Waals surface area contributed by atoms with Gasteiger partial charge in [-0.2, -0.15) is 0 Å². The van der Waals surface area contributed by atoms with E-state index in [4.69, 9.17) is 9.47 Å². The maximum atomic E-state index is 6.12. The van der Waals surface area contributed by atoms with Gasteiger partial charge in [-0.25, -0.2) is 0 Å². The van der Waals surface area contributed by atoms with E-state index in [1.54, 1.807) is 0 Å². The Kier molecular flexibility index (Phi) is 4.89. The zero-order chi connectivity index (χ0) is 15.4. The molecule has 2 unspecified atom stereocenters. The molecule has 2 aliphatic rings. The predicted octanol–water partition coefficient (Wildman–Crippen LogP) is 2.54. The molecule has 122 valence electrons. The Balaban J connectivity index is 1.59. The summed E-state index contributed by atoms with van der Waals surface area (Å²) in [4.78, 5) is 2.55.